The second-order valence-corrected chi connectivity index (χ2v) is 6.60. The predicted molar refractivity (Wildman–Crippen MR) is 92.0 cm³/mol. The molecule has 1 aromatic carbocycles. The number of hydrogen-bond acceptors (Lipinski definition) is 3. The van der Waals surface area contributed by atoms with Crippen LogP contribution in [0.2, 0.25) is 0 Å². The maximum atomic E-state index is 6.27. The Morgan fingerprint density at radius 3 is 2.71 bits per heavy atom. The fraction of sp³-hybridized carbons (Fsp3) is 0.125. The van der Waals surface area contributed by atoms with Gasteiger partial charge in [-0.05, 0) is 50.1 Å². The standard InChI is InChI=1S/C16H13Br2N3/c17-11-7-13(18)16(20-9-11)14(19)8-12-6-5-10-3-1-2-4-15(10)21-12/h1-7,9,14H,8,19H2. The lowest BCUT2D eigenvalue weighted by molar-refractivity contribution is 0.681. The lowest BCUT2D eigenvalue weighted by Gasteiger charge is -2.13. The summed E-state index contributed by atoms with van der Waals surface area (Å²) in [6, 6.07) is 13.9. The van der Waals surface area contributed by atoms with Crippen LogP contribution in [0.5, 0.6) is 0 Å². The highest BCUT2D eigenvalue weighted by atomic mass is 79.9. The van der Waals surface area contributed by atoms with Crippen molar-refractivity contribution in [3.05, 3.63) is 69.0 Å². The number of para-hydroxylation sites is 1. The van der Waals surface area contributed by atoms with Crippen LogP contribution in [0.25, 0.3) is 10.9 Å². The van der Waals surface area contributed by atoms with Crippen LogP contribution in [0.4, 0.5) is 0 Å². The van der Waals surface area contributed by atoms with E-state index in [2.05, 4.69) is 54.0 Å². The lowest BCUT2D eigenvalue weighted by Crippen LogP contribution is -2.16. The largest absolute Gasteiger partial charge is 0.322 e. The molecule has 0 fully saturated rings. The van der Waals surface area contributed by atoms with Crippen molar-refractivity contribution in [3.8, 4) is 0 Å². The van der Waals surface area contributed by atoms with Gasteiger partial charge in [-0.3, -0.25) is 9.97 Å². The summed E-state index contributed by atoms with van der Waals surface area (Å²) >= 11 is 6.90. The Kier molecular flexibility index (Phi) is 4.33. The summed E-state index contributed by atoms with van der Waals surface area (Å²) in [6.45, 7) is 0. The van der Waals surface area contributed by atoms with Crippen LogP contribution < -0.4 is 5.73 Å². The summed E-state index contributed by atoms with van der Waals surface area (Å²) in [4.78, 5) is 9.05. The average molecular weight is 407 g/mol. The topological polar surface area (TPSA) is 51.8 Å². The molecule has 2 N–H and O–H groups in total. The Morgan fingerprint density at radius 1 is 1.10 bits per heavy atom. The van der Waals surface area contributed by atoms with Crippen molar-refractivity contribution in [1.29, 1.82) is 0 Å². The summed E-state index contributed by atoms with van der Waals surface area (Å²) < 4.78 is 1.83. The minimum Gasteiger partial charge on any atom is -0.322 e. The van der Waals surface area contributed by atoms with Gasteiger partial charge >= 0.3 is 0 Å². The summed E-state index contributed by atoms with van der Waals surface area (Å²) in [5, 5.41) is 1.14. The number of rotatable bonds is 3. The van der Waals surface area contributed by atoms with Crippen LogP contribution in [0.1, 0.15) is 17.4 Å². The van der Waals surface area contributed by atoms with E-state index in [0.717, 1.165) is 31.2 Å². The van der Waals surface area contributed by atoms with Crippen molar-refractivity contribution in [3.63, 3.8) is 0 Å². The van der Waals surface area contributed by atoms with Gasteiger partial charge in [-0.25, -0.2) is 0 Å². The number of fused-ring (bicyclic) bond motifs is 1. The summed E-state index contributed by atoms with van der Waals surface area (Å²) in [7, 11) is 0. The summed E-state index contributed by atoms with van der Waals surface area (Å²) in [6.07, 6.45) is 2.41. The molecular weight excluding hydrogens is 394 g/mol. The Labute approximate surface area is 139 Å². The highest BCUT2D eigenvalue weighted by Crippen LogP contribution is 2.25. The lowest BCUT2D eigenvalue weighted by atomic mass is 10.1. The van der Waals surface area contributed by atoms with E-state index in [1.807, 2.05) is 30.3 Å². The number of pyridine rings is 2. The third-order valence-electron chi connectivity index (χ3n) is 3.27. The van der Waals surface area contributed by atoms with Gasteiger partial charge in [0.25, 0.3) is 0 Å². The van der Waals surface area contributed by atoms with Crippen molar-refractivity contribution < 1.29 is 0 Å². The van der Waals surface area contributed by atoms with E-state index in [1.54, 1.807) is 6.20 Å². The number of hydrogen-bond donors (Lipinski definition) is 1. The van der Waals surface area contributed by atoms with Crippen LogP contribution in [0.15, 0.2) is 57.6 Å². The van der Waals surface area contributed by atoms with Crippen LogP contribution >= 0.6 is 31.9 Å². The van der Waals surface area contributed by atoms with Crippen molar-refractivity contribution in [2.45, 2.75) is 12.5 Å². The average Bonchev–Trinajstić information content (AvgIpc) is 2.47. The molecule has 0 bridgehead atoms. The number of aromatic nitrogens is 2. The molecule has 5 heteroatoms. The van der Waals surface area contributed by atoms with Gasteiger partial charge < -0.3 is 5.73 Å². The van der Waals surface area contributed by atoms with Crippen LogP contribution in [-0.2, 0) is 6.42 Å². The Hall–Kier alpha value is -1.30. The molecule has 0 saturated carbocycles. The number of halogens is 2. The summed E-state index contributed by atoms with van der Waals surface area (Å²) in [5.74, 6) is 0. The highest BCUT2D eigenvalue weighted by molar-refractivity contribution is 9.11. The molecular formula is C16H13Br2N3. The van der Waals surface area contributed by atoms with Gasteiger partial charge in [0.2, 0.25) is 0 Å². The van der Waals surface area contributed by atoms with Crippen LogP contribution in [0.3, 0.4) is 0 Å². The molecule has 3 rings (SSSR count). The molecule has 0 aliphatic rings. The number of nitrogens with zero attached hydrogens (tertiary/aromatic N) is 2. The Balaban J connectivity index is 1.87. The first-order valence-electron chi connectivity index (χ1n) is 6.54. The van der Waals surface area contributed by atoms with Gasteiger partial charge in [-0.1, -0.05) is 24.3 Å². The van der Waals surface area contributed by atoms with E-state index in [0.29, 0.717) is 6.42 Å². The first kappa shape index (κ1) is 14.6. The number of nitrogens with two attached hydrogens (primary N) is 1. The van der Waals surface area contributed by atoms with Crippen LogP contribution in [-0.4, -0.2) is 9.97 Å². The molecule has 0 spiro atoms. The van der Waals surface area contributed by atoms with Gasteiger partial charge in [-0.2, -0.15) is 0 Å². The first-order chi connectivity index (χ1) is 10.1. The van der Waals surface area contributed by atoms with Crippen molar-refractivity contribution >= 4 is 42.8 Å². The van der Waals surface area contributed by atoms with Gasteiger partial charge in [0.05, 0.1) is 17.3 Å². The molecule has 0 amide bonds. The third-order valence-corrected chi connectivity index (χ3v) is 4.34. The van der Waals surface area contributed by atoms with E-state index in [1.165, 1.54) is 0 Å². The molecule has 3 aromatic rings. The number of benzene rings is 1. The maximum Gasteiger partial charge on any atom is 0.0717 e. The first-order valence-corrected chi connectivity index (χ1v) is 8.13. The van der Waals surface area contributed by atoms with E-state index < -0.39 is 0 Å². The molecule has 0 aliphatic heterocycles. The van der Waals surface area contributed by atoms with E-state index in [-0.39, 0.29) is 6.04 Å². The fourth-order valence-corrected chi connectivity index (χ4v) is 3.52. The zero-order valence-electron chi connectivity index (χ0n) is 11.1. The zero-order chi connectivity index (χ0) is 14.8. The van der Waals surface area contributed by atoms with E-state index in [4.69, 9.17) is 5.73 Å². The second kappa shape index (κ2) is 6.22. The normalized spacial score (nSPS) is 12.5. The molecule has 0 saturated heterocycles. The molecule has 0 radical (unpaired) electrons. The smallest absolute Gasteiger partial charge is 0.0717 e. The monoisotopic (exact) mass is 405 g/mol. The highest BCUT2D eigenvalue weighted by Gasteiger charge is 2.13. The third kappa shape index (κ3) is 3.31. The van der Waals surface area contributed by atoms with Crippen molar-refractivity contribution in [2.75, 3.05) is 0 Å². The van der Waals surface area contributed by atoms with E-state index in [9.17, 15) is 0 Å². The minimum absolute atomic E-state index is 0.193. The SMILES string of the molecule is NC(Cc1ccc2ccccc2n1)c1ncc(Br)cc1Br. The Morgan fingerprint density at radius 2 is 1.90 bits per heavy atom. The zero-order valence-corrected chi connectivity index (χ0v) is 14.3. The van der Waals surface area contributed by atoms with Gasteiger partial charge in [0.15, 0.2) is 0 Å². The molecule has 1 atom stereocenters. The quantitative estimate of drug-likeness (QED) is 0.701. The molecule has 2 aromatic heterocycles. The van der Waals surface area contributed by atoms with Crippen LogP contribution in [0, 0.1) is 0 Å². The second-order valence-electron chi connectivity index (χ2n) is 4.83. The van der Waals surface area contributed by atoms with Crippen molar-refractivity contribution in [1.82, 2.24) is 9.97 Å². The fourth-order valence-electron chi connectivity index (χ4n) is 2.24. The molecule has 2 heterocycles. The molecule has 3 nitrogen and oxygen atoms in total. The van der Waals surface area contributed by atoms with E-state index >= 15 is 0 Å². The molecule has 21 heavy (non-hydrogen) atoms. The van der Waals surface area contributed by atoms with Gasteiger partial charge in [-0.15, -0.1) is 0 Å². The predicted octanol–water partition coefficient (Wildman–Crippen LogP) is 4.40. The molecule has 0 aliphatic carbocycles. The molecule has 106 valence electrons. The summed E-state index contributed by atoms with van der Waals surface area (Å²) in [5.41, 5.74) is 9.08. The Bertz CT molecular complexity index is 789. The maximum absolute atomic E-state index is 6.27. The van der Waals surface area contributed by atoms with Gasteiger partial charge in [0, 0.05) is 32.6 Å². The van der Waals surface area contributed by atoms with Gasteiger partial charge in [0.1, 0.15) is 0 Å². The van der Waals surface area contributed by atoms with Crippen molar-refractivity contribution in [2.24, 2.45) is 5.73 Å². The minimum atomic E-state index is -0.193. The molecule has 1 unspecified atom stereocenters.